The summed E-state index contributed by atoms with van der Waals surface area (Å²) in [5, 5.41) is 16.3. The van der Waals surface area contributed by atoms with Crippen LogP contribution in [0.4, 0.5) is 0 Å². The minimum Gasteiger partial charge on any atom is -0.460 e. The van der Waals surface area contributed by atoms with Crippen molar-refractivity contribution in [2.45, 2.75) is 19.6 Å². The molecule has 114 valence electrons. The monoisotopic (exact) mass is 308 g/mol. The lowest BCUT2D eigenvalue weighted by Crippen LogP contribution is -2.31. The molecule has 2 aromatic rings. The van der Waals surface area contributed by atoms with Crippen LogP contribution >= 0.6 is 11.6 Å². The Balaban J connectivity index is 1.74. The average Bonchev–Trinajstić information content (AvgIpc) is 2.92. The van der Waals surface area contributed by atoms with E-state index in [1.54, 1.807) is 6.92 Å². The van der Waals surface area contributed by atoms with Gasteiger partial charge in [0.05, 0.1) is 12.6 Å². The van der Waals surface area contributed by atoms with Crippen molar-refractivity contribution < 1.29 is 9.52 Å². The first-order valence-electron chi connectivity index (χ1n) is 7.09. The maximum absolute atomic E-state index is 9.11. The van der Waals surface area contributed by atoms with E-state index in [9.17, 15) is 0 Å². The fourth-order valence-electron chi connectivity index (χ4n) is 1.94. The molecule has 4 nitrogen and oxygen atoms in total. The number of halogens is 1. The van der Waals surface area contributed by atoms with Gasteiger partial charge in [-0.2, -0.15) is 0 Å². The van der Waals surface area contributed by atoms with E-state index in [1.807, 2.05) is 36.4 Å². The Morgan fingerprint density at radius 2 is 1.81 bits per heavy atom. The van der Waals surface area contributed by atoms with Crippen molar-refractivity contribution in [1.82, 2.24) is 10.6 Å². The minimum atomic E-state index is -0.308. The van der Waals surface area contributed by atoms with Crippen molar-refractivity contribution in [3.05, 3.63) is 47.2 Å². The zero-order chi connectivity index (χ0) is 15.1. The minimum absolute atomic E-state index is 0.308. The molecule has 0 saturated heterocycles. The molecule has 0 fully saturated rings. The van der Waals surface area contributed by atoms with Crippen molar-refractivity contribution in [2.24, 2.45) is 0 Å². The van der Waals surface area contributed by atoms with Gasteiger partial charge in [-0.1, -0.05) is 11.6 Å². The summed E-state index contributed by atoms with van der Waals surface area (Å²) >= 11 is 5.87. The maximum atomic E-state index is 9.11. The van der Waals surface area contributed by atoms with Crippen LogP contribution in [0.25, 0.3) is 11.3 Å². The van der Waals surface area contributed by atoms with Gasteiger partial charge in [-0.15, -0.1) is 0 Å². The van der Waals surface area contributed by atoms with Crippen LogP contribution in [0.1, 0.15) is 12.7 Å². The summed E-state index contributed by atoms with van der Waals surface area (Å²) in [6.45, 7) is 4.70. The van der Waals surface area contributed by atoms with E-state index in [0.29, 0.717) is 13.1 Å². The van der Waals surface area contributed by atoms with Crippen LogP contribution in [0.3, 0.4) is 0 Å². The van der Waals surface area contributed by atoms with Crippen LogP contribution in [-0.4, -0.2) is 30.8 Å². The number of furan rings is 1. The second kappa shape index (κ2) is 8.20. The lowest BCUT2D eigenvalue weighted by atomic mass is 10.2. The summed E-state index contributed by atoms with van der Waals surface area (Å²) in [4.78, 5) is 0. The quantitative estimate of drug-likeness (QED) is 0.656. The van der Waals surface area contributed by atoms with Gasteiger partial charge in [-0.25, -0.2) is 0 Å². The van der Waals surface area contributed by atoms with E-state index >= 15 is 0 Å². The van der Waals surface area contributed by atoms with Crippen LogP contribution in [0.5, 0.6) is 0 Å². The topological polar surface area (TPSA) is 57.4 Å². The van der Waals surface area contributed by atoms with Crippen LogP contribution in [0.15, 0.2) is 40.8 Å². The van der Waals surface area contributed by atoms with Gasteiger partial charge in [0.2, 0.25) is 0 Å². The van der Waals surface area contributed by atoms with Gasteiger partial charge in [-0.05, 0) is 43.3 Å². The molecular formula is C16H21ClN2O2. The summed E-state index contributed by atoms with van der Waals surface area (Å²) in [6, 6.07) is 11.5. The van der Waals surface area contributed by atoms with E-state index < -0.39 is 0 Å². The number of benzene rings is 1. The lowest BCUT2D eigenvalue weighted by Gasteiger charge is -2.07. The third-order valence-electron chi connectivity index (χ3n) is 3.01. The zero-order valence-electron chi connectivity index (χ0n) is 12.1. The molecule has 0 saturated carbocycles. The average molecular weight is 309 g/mol. The summed E-state index contributed by atoms with van der Waals surface area (Å²) in [5.41, 5.74) is 1.02. The van der Waals surface area contributed by atoms with Crippen molar-refractivity contribution in [3.63, 3.8) is 0 Å². The predicted octanol–water partition coefficient (Wildman–Crippen LogP) is 2.66. The van der Waals surface area contributed by atoms with Gasteiger partial charge in [0.1, 0.15) is 11.5 Å². The zero-order valence-corrected chi connectivity index (χ0v) is 12.9. The van der Waals surface area contributed by atoms with Crippen molar-refractivity contribution >= 4 is 11.6 Å². The van der Waals surface area contributed by atoms with Crippen LogP contribution in [-0.2, 0) is 6.54 Å². The molecule has 0 aliphatic heterocycles. The van der Waals surface area contributed by atoms with E-state index in [1.165, 1.54) is 0 Å². The van der Waals surface area contributed by atoms with E-state index in [-0.39, 0.29) is 6.10 Å². The standard InChI is InChI=1S/C16H21ClN2O2/c1-12(20)10-18-8-9-19-11-15-6-7-16(21-15)13-2-4-14(17)5-3-13/h2-7,12,18-20H,8-11H2,1H3/t12-/m0/s1. The molecule has 21 heavy (non-hydrogen) atoms. The molecule has 3 N–H and O–H groups in total. The Kier molecular flexibility index (Phi) is 6.26. The molecule has 0 aliphatic carbocycles. The number of hydrogen-bond donors (Lipinski definition) is 3. The molecular weight excluding hydrogens is 288 g/mol. The molecule has 1 heterocycles. The molecule has 1 aromatic carbocycles. The second-order valence-corrected chi connectivity index (χ2v) is 5.44. The summed E-state index contributed by atoms with van der Waals surface area (Å²) in [6.07, 6.45) is -0.308. The molecule has 0 aliphatic rings. The molecule has 0 spiro atoms. The van der Waals surface area contributed by atoms with Gasteiger partial charge in [0.15, 0.2) is 0 Å². The Bertz CT molecular complexity index is 537. The number of aliphatic hydroxyl groups is 1. The fraction of sp³-hybridized carbons (Fsp3) is 0.375. The molecule has 1 atom stereocenters. The summed E-state index contributed by atoms with van der Waals surface area (Å²) in [5.74, 6) is 1.74. The van der Waals surface area contributed by atoms with Crippen LogP contribution in [0.2, 0.25) is 5.02 Å². The van der Waals surface area contributed by atoms with Gasteiger partial charge < -0.3 is 20.2 Å². The second-order valence-electron chi connectivity index (χ2n) is 5.00. The summed E-state index contributed by atoms with van der Waals surface area (Å²) in [7, 11) is 0. The molecule has 1 aromatic heterocycles. The third kappa shape index (κ3) is 5.52. The van der Waals surface area contributed by atoms with Crippen LogP contribution in [0, 0.1) is 0 Å². The molecule has 0 bridgehead atoms. The Morgan fingerprint density at radius 3 is 2.52 bits per heavy atom. The van der Waals surface area contributed by atoms with Crippen molar-refractivity contribution in [1.29, 1.82) is 0 Å². The maximum Gasteiger partial charge on any atom is 0.134 e. The highest BCUT2D eigenvalue weighted by Crippen LogP contribution is 2.23. The number of nitrogens with one attached hydrogen (secondary N) is 2. The Morgan fingerprint density at radius 1 is 1.10 bits per heavy atom. The highest BCUT2D eigenvalue weighted by atomic mass is 35.5. The van der Waals surface area contributed by atoms with Gasteiger partial charge in [0.25, 0.3) is 0 Å². The van der Waals surface area contributed by atoms with Crippen LogP contribution < -0.4 is 10.6 Å². The van der Waals surface area contributed by atoms with Crippen molar-refractivity contribution in [2.75, 3.05) is 19.6 Å². The molecule has 5 heteroatoms. The van der Waals surface area contributed by atoms with E-state index in [0.717, 1.165) is 35.2 Å². The fourth-order valence-corrected chi connectivity index (χ4v) is 2.07. The van der Waals surface area contributed by atoms with Gasteiger partial charge in [0, 0.05) is 30.2 Å². The first-order chi connectivity index (χ1) is 10.1. The number of hydrogen-bond acceptors (Lipinski definition) is 4. The first kappa shape index (κ1) is 16.0. The van der Waals surface area contributed by atoms with E-state index in [4.69, 9.17) is 21.1 Å². The number of aliphatic hydroxyl groups excluding tert-OH is 1. The molecule has 0 amide bonds. The Hall–Kier alpha value is -1.33. The smallest absolute Gasteiger partial charge is 0.134 e. The third-order valence-corrected chi connectivity index (χ3v) is 3.26. The van der Waals surface area contributed by atoms with Gasteiger partial charge in [-0.3, -0.25) is 0 Å². The van der Waals surface area contributed by atoms with Crippen molar-refractivity contribution in [3.8, 4) is 11.3 Å². The predicted molar refractivity (Wildman–Crippen MR) is 85.4 cm³/mol. The highest BCUT2D eigenvalue weighted by molar-refractivity contribution is 6.30. The van der Waals surface area contributed by atoms with Gasteiger partial charge >= 0.3 is 0 Å². The summed E-state index contributed by atoms with van der Waals surface area (Å²) < 4.78 is 5.79. The lowest BCUT2D eigenvalue weighted by molar-refractivity contribution is 0.191. The first-order valence-corrected chi connectivity index (χ1v) is 7.47. The van der Waals surface area contributed by atoms with E-state index in [2.05, 4.69) is 10.6 Å². The molecule has 0 radical (unpaired) electrons. The largest absolute Gasteiger partial charge is 0.460 e. The highest BCUT2D eigenvalue weighted by Gasteiger charge is 2.04. The molecule has 0 unspecified atom stereocenters. The Labute approximate surface area is 130 Å². The number of rotatable bonds is 8. The molecule has 2 rings (SSSR count). The SMILES string of the molecule is C[C@H](O)CNCCNCc1ccc(-c2ccc(Cl)cc2)o1. The normalized spacial score (nSPS) is 12.5.